The normalized spacial score (nSPS) is 15.2. The Balaban J connectivity index is 1.54. The molecule has 2 aromatic rings. The van der Waals surface area contributed by atoms with Crippen LogP contribution >= 0.6 is 0 Å². The topological polar surface area (TPSA) is 71.5 Å². The van der Waals surface area contributed by atoms with E-state index < -0.39 is 0 Å². The summed E-state index contributed by atoms with van der Waals surface area (Å²) in [6.07, 6.45) is 3.07. The summed E-state index contributed by atoms with van der Waals surface area (Å²) in [7, 11) is 0. The third-order valence-corrected chi connectivity index (χ3v) is 4.55. The molecular formula is C19H23N3O3. The Labute approximate surface area is 147 Å². The largest absolute Gasteiger partial charge is 0.466 e. The number of amides is 2. The highest BCUT2D eigenvalue weighted by atomic mass is 16.5. The minimum Gasteiger partial charge on any atom is -0.466 e. The van der Waals surface area contributed by atoms with E-state index in [2.05, 4.69) is 10.3 Å². The molecule has 25 heavy (non-hydrogen) atoms. The fourth-order valence-corrected chi connectivity index (χ4v) is 3.17. The van der Waals surface area contributed by atoms with Crippen LogP contribution in [0.5, 0.6) is 0 Å². The molecule has 0 saturated carbocycles. The summed E-state index contributed by atoms with van der Waals surface area (Å²) in [4.78, 5) is 30.3. The lowest BCUT2D eigenvalue weighted by Crippen LogP contribution is -2.45. The molecule has 0 radical (unpaired) electrons. The van der Waals surface area contributed by atoms with Gasteiger partial charge in [-0.25, -0.2) is 4.79 Å². The van der Waals surface area contributed by atoms with Gasteiger partial charge in [0.05, 0.1) is 18.0 Å². The lowest BCUT2D eigenvalue weighted by molar-refractivity contribution is -0.149. The van der Waals surface area contributed by atoms with Crippen LogP contribution < -0.4 is 5.32 Å². The first-order valence-corrected chi connectivity index (χ1v) is 8.71. The number of piperidine rings is 1. The average molecular weight is 341 g/mol. The molecule has 1 aromatic carbocycles. The van der Waals surface area contributed by atoms with E-state index in [0.717, 1.165) is 16.5 Å². The Hall–Kier alpha value is -2.63. The smallest absolute Gasteiger partial charge is 0.317 e. The first-order chi connectivity index (χ1) is 12.2. The van der Waals surface area contributed by atoms with Gasteiger partial charge in [0.2, 0.25) is 0 Å². The Morgan fingerprint density at radius 2 is 2.00 bits per heavy atom. The SMILES string of the molecule is CCOC(=O)C1CCN(C(=O)NCc2cccc3cccnc23)CC1. The van der Waals surface area contributed by atoms with Gasteiger partial charge in [-0.3, -0.25) is 9.78 Å². The molecule has 1 fully saturated rings. The van der Waals surface area contributed by atoms with Crippen LogP contribution in [0, 0.1) is 5.92 Å². The minimum absolute atomic E-state index is 0.0914. The van der Waals surface area contributed by atoms with Gasteiger partial charge >= 0.3 is 12.0 Å². The number of hydrogen-bond donors (Lipinski definition) is 1. The quantitative estimate of drug-likeness (QED) is 0.868. The second-order valence-electron chi connectivity index (χ2n) is 6.16. The average Bonchev–Trinajstić information content (AvgIpc) is 2.66. The zero-order valence-electron chi connectivity index (χ0n) is 14.4. The number of nitrogens with one attached hydrogen (secondary N) is 1. The predicted octanol–water partition coefficient (Wildman–Crippen LogP) is 2.72. The van der Waals surface area contributed by atoms with Gasteiger partial charge in [0, 0.05) is 31.2 Å². The van der Waals surface area contributed by atoms with Crippen molar-refractivity contribution in [1.29, 1.82) is 0 Å². The van der Waals surface area contributed by atoms with E-state index in [9.17, 15) is 9.59 Å². The Morgan fingerprint density at radius 3 is 2.76 bits per heavy atom. The molecule has 0 atom stereocenters. The van der Waals surface area contributed by atoms with Gasteiger partial charge in [0.1, 0.15) is 0 Å². The number of ether oxygens (including phenoxy) is 1. The lowest BCUT2D eigenvalue weighted by Gasteiger charge is -2.30. The number of hydrogen-bond acceptors (Lipinski definition) is 4. The number of para-hydroxylation sites is 1. The second-order valence-corrected chi connectivity index (χ2v) is 6.16. The summed E-state index contributed by atoms with van der Waals surface area (Å²) >= 11 is 0. The molecule has 6 nitrogen and oxygen atoms in total. The number of esters is 1. The highest BCUT2D eigenvalue weighted by Crippen LogP contribution is 2.19. The number of pyridine rings is 1. The molecule has 6 heteroatoms. The standard InChI is InChI=1S/C19H23N3O3/c1-2-25-18(23)15-8-11-22(12-9-15)19(24)21-13-16-6-3-5-14-7-4-10-20-17(14)16/h3-7,10,15H,2,8-9,11-13H2,1H3,(H,21,24). The van der Waals surface area contributed by atoms with E-state index in [4.69, 9.17) is 4.74 Å². The first kappa shape index (κ1) is 17.2. The number of carbonyl (C=O) groups excluding carboxylic acids is 2. The Bertz CT molecular complexity index is 749. The number of likely N-dealkylation sites (tertiary alicyclic amines) is 1. The summed E-state index contributed by atoms with van der Waals surface area (Å²) in [5, 5.41) is 4.02. The zero-order valence-corrected chi connectivity index (χ0v) is 14.4. The molecule has 0 unspecified atom stereocenters. The van der Waals surface area contributed by atoms with Gasteiger partial charge in [-0.2, -0.15) is 0 Å². The number of rotatable bonds is 4. The molecule has 0 spiro atoms. The molecule has 3 rings (SSSR count). The Kier molecular flexibility index (Phi) is 5.48. The second kappa shape index (κ2) is 7.96. The van der Waals surface area contributed by atoms with Crippen molar-refractivity contribution in [2.75, 3.05) is 19.7 Å². The van der Waals surface area contributed by atoms with Crippen molar-refractivity contribution in [3.05, 3.63) is 42.1 Å². The van der Waals surface area contributed by atoms with Crippen LogP contribution in [0.2, 0.25) is 0 Å². The maximum atomic E-state index is 12.4. The van der Waals surface area contributed by atoms with Crippen LogP contribution in [-0.2, 0) is 16.1 Å². The number of aromatic nitrogens is 1. The van der Waals surface area contributed by atoms with Crippen LogP contribution in [0.3, 0.4) is 0 Å². The van der Waals surface area contributed by atoms with Crippen molar-refractivity contribution < 1.29 is 14.3 Å². The number of urea groups is 1. The summed E-state index contributed by atoms with van der Waals surface area (Å²) in [5.41, 5.74) is 1.90. The number of nitrogens with zero attached hydrogens (tertiary/aromatic N) is 2. The van der Waals surface area contributed by atoms with E-state index in [1.54, 1.807) is 11.1 Å². The van der Waals surface area contributed by atoms with Crippen LogP contribution in [0.15, 0.2) is 36.5 Å². The zero-order chi connectivity index (χ0) is 17.6. The predicted molar refractivity (Wildman–Crippen MR) is 94.9 cm³/mol. The van der Waals surface area contributed by atoms with Crippen LogP contribution in [-0.4, -0.2) is 41.6 Å². The third-order valence-electron chi connectivity index (χ3n) is 4.55. The minimum atomic E-state index is -0.149. The van der Waals surface area contributed by atoms with E-state index >= 15 is 0 Å². The van der Waals surface area contributed by atoms with Gasteiger partial charge in [-0.1, -0.05) is 24.3 Å². The Morgan fingerprint density at radius 1 is 1.24 bits per heavy atom. The van der Waals surface area contributed by atoms with Gasteiger partial charge in [0.25, 0.3) is 0 Å². The maximum Gasteiger partial charge on any atom is 0.317 e. The van der Waals surface area contributed by atoms with Gasteiger partial charge in [-0.15, -0.1) is 0 Å². The molecule has 2 amide bonds. The summed E-state index contributed by atoms with van der Waals surface area (Å²) in [6, 6.07) is 9.76. The summed E-state index contributed by atoms with van der Waals surface area (Å²) < 4.78 is 5.06. The first-order valence-electron chi connectivity index (χ1n) is 8.71. The monoisotopic (exact) mass is 341 g/mol. The van der Waals surface area contributed by atoms with Crippen LogP contribution in [0.25, 0.3) is 10.9 Å². The molecule has 1 saturated heterocycles. The highest BCUT2D eigenvalue weighted by molar-refractivity contribution is 5.82. The van der Waals surface area contributed by atoms with Crippen molar-refractivity contribution in [2.24, 2.45) is 5.92 Å². The molecule has 1 aliphatic heterocycles. The summed E-state index contributed by atoms with van der Waals surface area (Å²) in [5.74, 6) is -0.240. The number of carbonyl (C=O) groups is 2. The fourth-order valence-electron chi connectivity index (χ4n) is 3.17. The van der Waals surface area contributed by atoms with Crippen LogP contribution in [0.4, 0.5) is 4.79 Å². The molecule has 0 aliphatic carbocycles. The van der Waals surface area contributed by atoms with E-state index in [-0.39, 0.29) is 17.9 Å². The van der Waals surface area contributed by atoms with Gasteiger partial charge < -0.3 is 15.0 Å². The molecule has 0 bridgehead atoms. The van der Waals surface area contributed by atoms with Crippen molar-refractivity contribution in [3.63, 3.8) is 0 Å². The van der Waals surface area contributed by atoms with Crippen molar-refractivity contribution in [2.45, 2.75) is 26.3 Å². The molecule has 1 N–H and O–H groups in total. The highest BCUT2D eigenvalue weighted by Gasteiger charge is 2.28. The van der Waals surface area contributed by atoms with Gasteiger partial charge in [-0.05, 0) is 31.4 Å². The fraction of sp³-hybridized carbons (Fsp3) is 0.421. The van der Waals surface area contributed by atoms with Crippen LogP contribution in [0.1, 0.15) is 25.3 Å². The van der Waals surface area contributed by atoms with Crippen molar-refractivity contribution in [1.82, 2.24) is 15.2 Å². The third kappa shape index (κ3) is 4.07. The summed E-state index contributed by atoms with van der Waals surface area (Å²) in [6.45, 7) is 3.79. The molecule has 1 aromatic heterocycles. The van der Waals surface area contributed by atoms with Crippen molar-refractivity contribution in [3.8, 4) is 0 Å². The van der Waals surface area contributed by atoms with E-state index in [1.807, 2.05) is 37.3 Å². The van der Waals surface area contributed by atoms with E-state index in [1.165, 1.54) is 0 Å². The molecular weight excluding hydrogens is 318 g/mol. The van der Waals surface area contributed by atoms with E-state index in [0.29, 0.717) is 39.1 Å². The van der Waals surface area contributed by atoms with Gasteiger partial charge in [0.15, 0.2) is 0 Å². The lowest BCUT2D eigenvalue weighted by atomic mass is 9.97. The van der Waals surface area contributed by atoms with Crippen molar-refractivity contribution >= 4 is 22.9 Å². The number of fused-ring (bicyclic) bond motifs is 1. The molecule has 2 heterocycles. The molecule has 132 valence electrons. The number of benzene rings is 1. The maximum absolute atomic E-state index is 12.4. The molecule has 1 aliphatic rings.